The van der Waals surface area contributed by atoms with Crippen LogP contribution in [-0.4, -0.2) is 66.9 Å². The van der Waals surface area contributed by atoms with Crippen LogP contribution in [0.15, 0.2) is 29.3 Å². The lowest BCUT2D eigenvalue weighted by molar-refractivity contribution is 0.287. The number of hydrogen-bond donors (Lipinski definition) is 2. The lowest BCUT2D eigenvalue weighted by atomic mass is 9.95. The van der Waals surface area contributed by atoms with Crippen molar-refractivity contribution in [3.63, 3.8) is 0 Å². The maximum absolute atomic E-state index is 12.2. The SMILES string of the molecule is CCS(=O)C1CCCC(NC(=NC)NCC(c2ccccc2OC)N(C)C)C1.I. The Morgan fingerprint density at radius 3 is 2.69 bits per heavy atom. The van der Waals surface area contributed by atoms with Crippen LogP contribution in [0.4, 0.5) is 0 Å². The normalized spacial score (nSPS) is 21.8. The second-order valence-corrected chi connectivity index (χ2v) is 9.48. The second kappa shape index (κ2) is 13.4. The van der Waals surface area contributed by atoms with Crippen LogP contribution in [0.3, 0.4) is 0 Å². The topological polar surface area (TPSA) is 66.0 Å². The first-order valence-electron chi connectivity index (χ1n) is 10.1. The monoisotopic (exact) mass is 536 g/mol. The summed E-state index contributed by atoms with van der Waals surface area (Å²) in [5.74, 6) is 2.44. The van der Waals surface area contributed by atoms with E-state index < -0.39 is 10.8 Å². The maximum atomic E-state index is 12.2. The molecule has 29 heavy (non-hydrogen) atoms. The zero-order valence-corrected chi connectivity index (χ0v) is 21.5. The van der Waals surface area contributed by atoms with Gasteiger partial charge in [0, 0.05) is 47.0 Å². The number of benzene rings is 1. The molecular weight excluding hydrogens is 499 g/mol. The molecule has 0 spiro atoms. The number of ether oxygens (including phenoxy) is 1. The van der Waals surface area contributed by atoms with Gasteiger partial charge in [-0.25, -0.2) is 0 Å². The highest BCUT2D eigenvalue weighted by Crippen LogP contribution is 2.27. The molecule has 0 saturated heterocycles. The van der Waals surface area contributed by atoms with E-state index in [0.29, 0.717) is 17.8 Å². The molecular formula is C21H37IN4O2S. The van der Waals surface area contributed by atoms with E-state index in [1.807, 2.05) is 25.1 Å². The summed E-state index contributed by atoms with van der Waals surface area (Å²) in [6.45, 7) is 2.72. The van der Waals surface area contributed by atoms with Crippen molar-refractivity contribution in [1.82, 2.24) is 15.5 Å². The highest BCUT2D eigenvalue weighted by molar-refractivity contribution is 14.0. The third-order valence-electron chi connectivity index (χ3n) is 5.43. The third-order valence-corrected chi connectivity index (χ3v) is 7.17. The number of hydrogen-bond acceptors (Lipinski definition) is 4. The number of halogens is 1. The van der Waals surface area contributed by atoms with Gasteiger partial charge in [-0.1, -0.05) is 31.5 Å². The number of nitrogens with zero attached hydrogens (tertiary/aromatic N) is 2. The molecule has 0 heterocycles. The highest BCUT2D eigenvalue weighted by atomic mass is 127. The van der Waals surface area contributed by atoms with Crippen LogP contribution in [0, 0.1) is 0 Å². The summed E-state index contributed by atoms with van der Waals surface area (Å²) in [6, 6.07) is 8.60. The van der Waals surface area contributed by atoms with E-state index in [1.165, 1.54) is 0 Å². The minimum atomic E-state index is -0.718. The molecule has 1 aromatic carbocycles. The van der Waals surface area contributed by atoms with Gasteiger partial charge < -0.3 is 20.3 Å². The van der Waals surface area contributed by atoms with Crippen molar-refractivity contribution >= 4 is 40.7 Å². The van der Waals surface area contributed by atoms with Crippen LogP contribution in [0.2, 0.25) is 0 Å². The smallest absolute Gasteiger partial charge is 0.191 e. The Labute approximate surface area is 195 Å². The molecule has 1 aliphatic rings. The number of guanidine groups is 1. The molecule has 1 aliphatic carbocycles. The van der Waals surface area contributed by atoms with Crippen LogP contribution in [0.1, 0.15) is 44.2 Å². The van der Waals surface area contributed by atoms with Crippen molar-refractivity contribution in [2.75, 3.05) is 40.6 Å². The Kier molecular flexibility index (Phi) is 12.1. The van der Waals surface area contributed by atoms with Gasteiger partial charge in [0.15, 0.2) is 5.96 Å². The molecule has 1 aromatic rings. The van der Waals surface area contributed by atoms with Crippen LogP contribution >= 0.6 is 24.0 Å². The highest BCUT2D eigenvalue weighted by Gasteiger charge is 2.26. The zero-order valence-electron chi connectivity index (χ0n) is 18.3. The van der Waals surface area contributed by atoms with Gasteiger partial charge in [0.1, 0.15) is 5.75 Å². The summed E-state index contributed by atoms with van der Waals surface area (Å²) in [7, 11) is 6.93. The fourth-order valence-electron chi connectivity index (χ4n) is 3.84. The summed E-state index contributed by atoms with van der Waals surface area (Å²) in [4.78, 5) is 6.59. The molecule has 8 heteroatoms. The predicted molar refractivity (Wildman–Crippen MR) is 134 cm³/mol. The predicted octanol–water partition coefficient (Wildman–Crippen LogP) is 3.16. The molecule has 6 nitrogen and oxygen atoms in total. The van der Waals surface area contributed by atoms with Crippen LogP contribution in [-0.2, 0) is 10.8 Å². The van der Waals surface area contributed by atoms with Crippen molar-refractivity contribution in [1.29, 1.82) is 0 Å². The van der Waals surface area contributed by atoms with Crippen molar-refractivity contribution in [3.05, 3.63) is 29.8 Å². The van der Waals surface area contributed by atoms with Crippen LogP contribution < -0.4 is 15.4 Å². The Hall–Kier alpha value is -0.870. The summed E-state index contributed by atoms with van der Waals surface area (Å²) < 4.78 is 17.7. The lowest BCUT2D eigenvalue weighted by Gasteiger charge is -2.31. The average Bonchev–Trinajstić information content (AvgIpc) is 2.72. The molecule has 0 aliphatic heterocycles. The van der Waals surface area contributed by atoms with Gasteiger partial charge in [-0.05, 0) is 39.4 Å². The van der Waals surface area contributed by atoms with Crippen molar-refractivity contribution in [2.45, 2.75) is 49.9 Å². The van der Waals surface area contributed by atoms with E-state index in [-0.39, 0.29) is 30.0 Å². The zero-order chi connectivity index (χ0) is 20.5. The quantitative estimate of drug-likeness (QED) is 0.304. The molecule has 2 N–H and O–H groups in total. The van der Waals surface area contributed by atoms with Gasteiger partial charge >= 0.3 is 0 Å². The van der Waals surface area contributed by atoms with E-state index in [9.17, 15) is 4.21 Å². The molecule has 4 unspecified atom stereocenters. The van der Waals surface area contributed by atoms with Crippen molar-refractivity contribution in [2.24, 2.45) is 4.99 Å². The molecule has 0 bridgehead atoms. The van der Waals surface area contributed by atoms with Gasteiger partial charge in [-0.2, -0.15) is 0 Å². The average molecular weight is 537 g/mol. The van der Waals surface area contributed by atoms with Gasteiger partial charge in [0.2, 0.25) is 0 Å². The first kappa shape index (κ1) is 26.2. The summed E-state index contributed by atoms with van der Waals surface area (Å²) in [5, 5.41) is 7.32. The molecule has 1 saturated carbocycles. The fourth-order valence-corrected chi connectivity index (χ4v) is 5.19. The summed E-state index contributed by atoms with van der Waals surface area (Å²) in [6.07, 6.45) is 4.24. The van der Waals surface area contributed by atoms with E-state index in [1.54, 1.807) is 14.2 Å². The number of para-hydroxylation sites is 1. The van der Waals surface area contributed by atoms with Gasteiger partial charge in [-0.15, -0.1) is 24.0 Å². The molecule has 1 fully saturated rings. The Bertz CT molecular complexity index is 672. The molecule has 0 amide bonds. The summed E-state index contributed by atoms with van der Waals surface area (Å²) >= 11 is 0. The van der Waals surface area contributed by atoms with Gasteiger partial charge in [-0.3, -0.25) is 9.20 Å². The van der Waals surface area contributed by atoms with Crippen molar-refractivity contribution < 1.29 is 8.95 Å². The van der Waals surface area contributed by atoms with Crippen LogP contribution in [0.25, 0.3) is 0 Å². The second-order valence-electron chi connectivity index (χ2n) is 7.47. The Morgan fingerprint density at radius 2 is 2.07 bits per heavy atom. The number of rotatable bonds is 8. The van der Waals surface area contributed by atoms with Crippen molar-refractivity contribution in [3.8, 4) is 5.75 Å². The van der Waals surface area contributed by atoms with Gasteiger partial charge in [0.05, 0.1) is 13.2 Å². The first-order chi connectivity index (χ1) is 13.5. The number of nitrogens with one attached hydrogen (secondary N) is 2. The van der Waals surface area contributed by atoms with E-state index in [4.69, 9.17) is 4.74 Å². The van der Waals surface area contributed by atoms with Gasteiger partial charge in [0.25, 0.3) is 0 Å². The van der Waals surface area contributed by atoms with E-state index in [0.717, 1.165) is 48.7 Å². The number of aliphatic imine (C=N–C) groups is 1. The first-order valence-corrected chi connectivity index (χ1v) is 11.5. The number of likely N-dealkylation sites (N-methyl/N-ethyl adjacent to an activating group) is 1. The minimum absolute atomic E-state index is 0. The summed E-state index contributed by atoms with van der Waals surface area (Å²) in [5.41, 5.74) is 1.15. The number of methoxy groups -OCH3 is 1. The largest absolute Gasteiger partial charge is 0.496 e. The molecule has 4 atom stereocenters. The Morgan fingerprint density at radius 1 is 1.34 bits per heavy atom. The Balaban J connectivity index is 0.00000420. The standard InChI is InChI=1S/C21H36N4O2S.HI/c1-6-28(26)17-11-9-10-16(14-17)24-21(22-2)23-15-19(25(3)4)18-12-7-8-13-20(18)27-5;/h7-8,12-13,16-17,19H,6,9-11,14-15H2,1-5H3,(H2,22,23,24);1H. The lowest BCUT2D eigenvalue weighted by Crippen LogP contribution is -2.48. The molecule has 166 valence electrons. The molecule has 0 aromatic heterocycles. The third kappa shape index (κ3) is 7.71. The maximum Gasteiger partial charge on any atom is 0.191 e. The van der Waals surface area contributed by atoms with E-state index in [2.05, 4.69) is 40.7 Å². The fraction of sp³-hybridized carbons (Fsp3) is 0.667. The molecule has 0 radical (unpaired) electrons. The van der Waals surface area contributed by atoms with E-state index >= 15 is 0 Å². The van der Waals surface area contributed by atoms with Crippen LogP contribution in [0.5, 0.6) is 5.75 Å². The molecule has 2 rings (SSSR count). The minimum Gasteiger partial charge on any atom is -0.496 e.